The molecule has 0 aliphatic heterocycles. The summed E-state index contributed by atoms with van der Waals surface area (Å²) in [5, 5.41) is 15.8. The Labute approximate surface area is 104 Å². The molecule has 17 heavy (non-hydrogen) atoms. The third-order valence-electron chi connectivity index (χ3n) is 2.37. The van der Waals surface area contributed by atoms with Crippen LogP contribution in [0, 0.1) is 11.3 Å². The zero-order valence-corrected chi connectivity index (χ0v) is 10.9. The number of H-pyrrole nitrogens is 1. The first-order valence-corrected chi connectivity index (χ1v) is 6.47. The van der Waals surface area contributed by atoms with Gasteiger partial charge in [-0.05, 0) is 26.7 Å². The van der Waals surface area contributed by atoms with Crippen molar-refractivity contribution < 1.29 is 0 Å². The molecule has 6 nitrogen and oxygen atoms in total. The average molecular weight is 255 g/mol. The molecule has 0 radical (unpaired) electrons. The van der Waals surface area contributed by atoms with Crippen LogP contribution in [0.2, 0.25) is 0 Å². The highest BCUT2D eigenvalue weighted by atomic mass is 32.2. The summed E-state index contributed by atoms with van der Waals surface area (Å²) >= 11 is 1.50. The van der Waals surface area contributed by atoms with E-state index in [0.29, 0.717) is 18.1 Å². The lowest BCUT2D eigenvalue weighted by molar-refractivity contribution is 0.540. The zero-order chi connectivity index (χ0) is 12.9. The van der Waals surface area contributed by atoms with Gasteiger partial charge in [0.15, 0.2) is 5.16 Å². The number of nitrogens with one attached hydrogen (secondary N) is 1. The summed E-state index contributed by atoms with van der Waals surface area (Å²) in [6, 6.07) is 2.06. The number of nitrogens with zero attached hydrogens (tertiary/aromatic N) is 3. The summed E-state index contributed by atoms with van der Waals surface area (Å²) in [4.78, 5) is 11.3. The zero-order valence-electron chi connectivity index (χ0n) is 10.1. The molecule has 0 saturated carbocycles. The van der Waals surface area contributed by atoms with Crippen molar-refractivity contribution in [1.82, 2.24) is 14.8 Å². The van der Waals surface area contributed by atoms with Gasteiger partial charge in [-0.15, -0.1) is 5.10 Å². The molecule has 0 aliphatic rings. The van der Waals surface area contributed by atoms with Gasteiger partial charge in [0.25, 0.3) is 0 Å². The molecule has 0 spiro atoms. The summed E-state index contributed by atoms with van der Waals surface area (Å²) in [6.45, 7) is 4.21. The highest BCUT2D eigenvalue weighted by molar-refractivity contribution is 7.99. The van der Waals surface area contributed by atoms with E-state index < -0.39 is 5.54 Å². The van der Waals surface area contributed by atoms with E-state index in [2.05, 4.69) is 16.3 Å². The van der Waals surface area contributed by atoms with Crippen molar-refractivity contribution in [2.24, 2.45) is 5.73 Å². The predicted molar refractivity (Wildman–Crippen MR) is 66.7 cm³/mol. The van der Waals surface area contributed by atoms with Crippen LogP contribution in [-0.4, -0.2) is 26.1 Å². The second-order valence-corrected chi connectivity index (χ2v) is 5.10. The first-order chi connectivity index (χ1) is 8.00. The number of thioether (sulfide) groups is 1. The summed E-state index contributed by atoms with van der Waals surface area (Å²) in [7, 11) is 0. The summed E-state index contributed by atoms with van der Waals surface area (Å²) in [5.74, 6) is 0.790. The van der Waals surface area contributed by atoms with Crippen LogP contribution in [0.4, 0.5) is 0 Å². The fraction of sp³-hybridized carbons (Fsp3) is 0.700. The first-order valence-electron chi connectivity index (χ1n) is 5.48. The predicted octanol–water partition coefficient (Wildman–Crippen LogP) is 0.705. The number of hydrogen-bond acceptors (Lipinski definition) is 5. The number of nitrogens with two attached hydrogens (primary N) is 1. The fourth-order valence-corrected chi connectivity index (χ4v) is 2.30. The Kier molecular flexibility index (Phi) is 4.78. The van der Waals surface area contributed by atoms with E-state index >= 15 is 0 Å². The molecule has 7 heteroatoms. The van der Waals surface area contributed by atoms with Gasteiger partial charge < -0.3 is 5.73 Å². The van der Waals surface area contributed by atoms with E-state index in [1.54, 1.807) is 11.5 Å². The number of aromatic amines is 1. The number of hydrogen-bond donors (Lipinski definition) is 2. The monoisotopic (exact) mass is 255 g/mol. The molecule has 1 unspecified atom stereocenters. The van der Waals surface area contributed by atoms with E-state index in [0.717, 1.165) is 12.2 Å². The third-order valence-corrected chi connectivity index (χ3v) is 3.43. The van der Waals surface area contributed by atoms with Crippen LogP contribution in [-0.2, 0) is 6.54 Å². The smallest absolute Gasteiger partial charge is 0.314 e. The highest BCUT2D eigenvalue weighted by Gasteiger charge is 2.16. The van der Waals surface area contributed by atoms with E-state index in [9.17, 15) is 4.79 Å². The number of rotatable bonds is 6. The van der Waals surface area contributed by atoms with Crippen LogP contribution >= 0.6 is 11.8 Å². The minimum absolute atomic E-state index is 0.185. The Morgan fingerprint density at radius 1 is 1.71 bits per heavy atom. The molecule has 0 saturated heterocycles. The van der Waals surface area contributed by atoms with Gasteiger partial charge >= 0.3 is 5.69 Å². The van der Waals surface area contributed by atoms with Crippen LogP contribution in [0.25, 0.3) is 0 Å². The van der Waals surface area contributed by atoms with Gasteiger partial charge in [-0.25, -0.2) is 9.89 Å². The van der Waals surface area contributed by atoms with E-state index in [1.807, 2.05) is 6.92 Å². The fourth-order valence-electron chi connectivity index (χ4n) is 1.35. The number of aromatic nitrogens is 3. The third kappa shape index (κ3) is 3.91. The van der Waals surface area contributed by atoms with Crippen LogP contribution in [0.1, 0.15) is 26.7 Å². The Morgan fingerprint density at radius 3 is 3.00 bits per heavy atom. The van der Waals surface area contributed by atoms with Crippen molar-refractivity contribution >= 4 is 11.8 Å². The Balaban J connectivity index is 2.42. The molecular formula is C10H17N5OS. The van der Waals surface area contributed by atoms with E-state index in [-0.39, 0.29) is 5.69 Å². The highest BCUT2D eigenvalue weighted by Crippen LogP contribution is 2.17. The molecule has 94 valence electrons. The maximum absolute atomic E-state index is 11.3. The lowest BCUT2D eigenvalue weighted by Crippen LogP contribution is -2.33. The van der Waals surface area contributed by atoms with E-state index in [4.69, 9.17) is 11.0 Å². The molecule has 0 bridgehead atoms. The van der Waals surface area contributed by atoms with Crippen LogP contribution in [0.15, 0.2) is 9.95 Å². The maximum atomic E-state index is 11.3. The largest absolute Gasteiger partial charge is 0.343 e. The van der Waals surface area contributed by atoms with Gasteiger partial charge in [0.1, 0.15) is 5.54 Å². The summed E-state index contributed by atoms with van der Waals surface area (Å²) < 4.78 is 1.58. The van der Waals surface area contributed by atoms with Crippen molar-refractivity contribution in [1.29, 1.82) is 5.26 Å². The minimum atomic E-state index is -0.767. The van der Waals surface area contributed by atoms with Crippen molar-refractivity contribution in [2.45, 2.75) is 43.9 Å². The van der Waals surface area contributed by atoms with Crippen molar-refractivity contribution in [3.63, 3.8) is 0 Å². The SMILES string of the molecule is CCn1c(SCCCC(C)(N)C#N)n[nH]c1=O. The topological polar surface area (TPSA) is 100 Å². The molecule has 3 N–H and O–H groups in total. The van der Waals surface area contributed by atoms with E-state index in [1.165, 1.54) is 11.8 Å². The van der Waals surface area contributed by atoms with Gasteiger partial charge in [0, 0.05) is 12.3 Å². The second kappa shape index (κ2) is 5.89. The Morgan fingerprint density at radius 2 is 2.41 bits per heavy atom. The van der Waals surface area contributed by atoms with Gasteiger partial charge in [0.2, 0.25) is 0 Å². The molecule has 1 aromatic heterocycles. The Bertz CT molecular complexity index is 456. The van der Waals surface area contributed by atoms with Crippen LogP contribution in [0.3, 0.4) is 0 Å². The van der Waals surface area contributed by atoms with Crippen LogP contribution < -0.4 is 11.4 Å². The molecule has 0 aromatic carbocycles. The van der Waals surface area contributed by atoms with Crippen molar-refractivity contribution in [3.05, 3.63) is 10.5 Å². The molecule has 1 rings (SSSR count). The van der Waals surface area contributed by atoms with Gasteiger partial charge in [0.05, 0.1) is 6.07 Å². The van der Waals surface area contributed by atoms with Gasteiger partial charge in [-0.3, -0.25) is 4.57 Å². The number of nitriles is 1. The maximum Gasteiger partial charge on any atom is 0.343 e. The van der Waals surface area contributed by atoms with Gasteiger partial charge in [-0.1, -0.05) is 11.8 Å². The average Bonchev–Trinajstić information content (AvgIpc) is 2.65. The minimum Gasteiger partial charge on any atom is -0.314 e. The summed E-state index contributed by atoms with van der Waals surface area (Å²) in [6.07, 6.45) is 1.45. The quantitative estimate of drug-likeness (QED) is 0.575. The molecule has 1 heterocycles. The first kappa shape index (κ1) is 13.8. The normalized spacial score (nSPS) is 14.2. The van der Waals surface area contributed by atoms with Crippen LogP contribution in [0.5, 0.6) is 0 Å². The standard InChI is InChI=1S/C10H17N5OS/c1-3-15-8(16)13-14-9(15)17-6-4-5-10(2,12)7-11/h3-6,12H2,1-2H3,(H,13,16). The molecule has 1 aromatic rings. The molecule has 0 aliphatic carbocycles. The Hall–Kier alpha value is -1.26. The molecule has 0 amide bonds. The van der Waals surface area contributed by atoms with Crippen molar-refractivity contribution in [3.8, 4) is 6.07 Å². The molecule has 1 atom stereocenters. The van der Waals surface area contributed by atoms with Gasteiger partial charge in [-0.2, -0.15) is 5.26 Å². The molecule has 0 fully saturated rings. The second-order valence-electron chi connectivity index (χ2n) is 4.04. The summed E-state index contributed by atoms with van der Waals surface area (Å²) in [5.41, 5.74) is 4.76. The lowest BCUT2D eigenvalue weighted by Gasteiger charge is -2.14. The lowest BCUT2D eigenvalue weighted by atomic mass is 10.0. The van der Waals surface area contributed by atoms with Crippen molar-refractivity contribution in [2.75, 3.05) is 5.75 Å². The molecular weight excluding hydrogens is 238 g/mol.